The summed E-state index contributed by atoms with van der Waals surface area (Å²) in [4.78, 5) is 15.7. The Bertz CT molecular complexity index is 718. The number of rotatable bonds is 2. The van der Waals surface area contributed by atoms with Gasteiger partial charge in [-0.3, -0.25) is 4.79 Å². The van der Waals surface area contributed by atoms with Gasteiger partial charge in [-0.2, -0.15) is 0 Å². The molecule has 1 aromatic heterocycles. The van der Waals surface area contributed by atoms with E-state index < -0.39 is 5.91 Å². The maximum atomic E-state index is 11.8. The van der Waals surface area contributed by atoms with Crippen molar-refractivity contribution in [2.24, 2.45) is 0 Å². The first-order chi connectivity index (χ1) is 10.1. The molecular weight excluding hydrogens is 334 g/mol. The number of nitrogens with one attached hydrogen (secondary N) is 1. The number of carbonyl (C=O) groups excluding carboxylic acids is 1. The van der Waals surface area contributed by atoms with E-state index in [0.717, 1.165) is 4.47 Å². The number of nitrogen functional groups attached to an aromatic ring is 1. The summed E-state index contributed by atoms with van der Waals surface area (Å²) in [6.45, 7) is 0. The van der Waals surface area contributed by atoms with Crippen LogP contribution in [0, 0.1) is 11.8 Å². The standard InChI is InChI=1S/C15H12BrN3O2/c1-21-13-5-4-11(16)8-12(13)19-15(20)7-3-10-2-6-14(17)18-9-10/h2,4-6,8-9H,1H3,(H2,17,18)(H,19,20). The highest BCUT2D eigenvalue weighted by atomic mass is 79.9. The Morgan fingerprint density at radius 1 is 1.38 bits per heavy atom. The molecule has 2 aromatic rings. The fraction of sp³-hybridized carbons (Fsp3) is 0.0667. The molecule has 0 atom stereocenters. The van der Waals surface area contributed by atoms with E-state index in [0.29, 0.717) is 22.8 Å². The summed E-state index contributed by atoms with van der Waals surface area (Å²) in [6.07, 6.45) is 1.51. The first-order valence-corrected chi connectivity index (χ1v) is 6.76. The normalized spacial score (nSPS) is 9.43. The second-order valence-electron chi connectivity index (χ2n) is 4.02. The summed E-state index contributed by atoms with van der Waals surface area (Å²) in [5.74, 6) is 5.72. The third kappa shape index (κ3) is 4.23. The van der Waals surface area contributed by atoms with Crippen molar-refractivity contribution in [3.63, 3.8) is 0 Å². The highest BCUT2D eigenvalue weighted by Crippen LogP contribution is 2.27. The van der Waals surface area contributed by atoms with Crippen LogP contribution in [0.15, 0.2) is 41.0 Å². The molecular formula is C15H12BrN3O2. The number of nitrogens with two attached hydrogens (primary N) is 1. The number of benzene rings is 1. The molecule has 0 unspecified atom stereocenters. The largest absolute Gasteiger partial charge is 0.495 e. The number of halogens is 1. The molecule has 0 aliphatic heterocycles. The van der Waals surface area contributed by atoms with Crippen molar-refractivity contribution < 1.29 is 9.53 Å². The highest BCUT2D eigenvalue weighted by Gasteiger charge is 2.06. The third-order valence-electron chi connectivity index (χ3n) is 2.52. The zero-order valence-electron chi connectivity index (χ0n) is 11.2. The Morgan fingerprint density at radius 2 is 2.19 bits per heavy atom. The number of aromatic nitrogens is 1. The van der Waals surface area contributed by atoms with Crippen molar-refractivity contribution in [3.05, 3.63) is 46.6 Å². The van der Waals surface area contributed by atoms with Gasteiger partial charge in [-0.05, 0) is 30.3 Å². The average Bonchev–Trinajstić information content (AvgIpc) is 2.47. The number of nitrogens with zero attached hydrogens (tertiary/aromatic N) is 1. The molecule has 0 bridgehead atoms. The van der Waals surface area contributed by atoms with E-state index >= 15 is 0 Å². The Balaban J connectivity index is 2.12. The Labute approximate surface area is 130 Å². The molecule has 0 aliphatic rings. The molecule has 0 fully saturated rings. The first-order valence-electron chi connectivity index (χ1n) is 5.96. The van der Waals surface area contributed by atoms with Gasteiger partial charge in [0.1, 0.15) is 11.6 Å². The minimum absolute atomic E-state index is 0.406. The lowest BCUT2D eigenvalue weighted by molar-refractivity contribution is -0.111. The molecule has 21 heavy (non-hydrogen) atoms. The quantitative estimate of drug-likeness (QED) is 0.819. The van der Waals surface area contributed by atoms with Crippen LogP contribution in [0.2, 0.25) is 0 Å². The zero-order chi connectivity index (χ0) is 15.2. The molecule has 0 spiro atoms. The maximum Gasteiger partial charge on any atom is 0.300 e. The topological polar surface area (TPSA) is 77.2 Å². The number of pyridine rings is 1. The molecule has 3 N–H and O–H groups in total. The van der Waals surface area contributed by atoms with Crippen LogP contribution < -0.4 is 15.8 Å². The lowest BCUT2D eigenvalue weighted by Crippen LogP contribution is -2.09. The van der Waals surface area contributed by atoms with Crippen LogP contribution >= 0.6 is 15.9 Å². The van der Waals surface area contributed by atoms with E-state index in [9.17, 15) is 4.79 Å². The summed E-state index contributed by atoms with van der Waals surface area (Å²) in [7, 11) is 1.53. The van der Waals surface area contributed by atoms with Crippen LogP contribution in [-0.4, -0.2) is 18.0 Å². The van der Waals surface area contributed by atoms with Crippen molar-refractivity contribution >= 4 is 33.3 Å². The molecule has 0 saturated heterocycles. The molecule has 106 valence electrons. The smallest absolute Gasteiger partial charge is 0.300 e. The molecule has 6 heteroatoms. The van der Waals surface area contributed by atoms with E-state index in [1.165, 1.54) is 13.3 Å². The fourth-order valence-electron chi connectivity index (χ4n) is 1.54. The fourth-order valence-corrected chi connectivity index (χ4v) is 1.90. The lowest BCUT2D eigenvalue weighted by atomic mass is 10.2. The van der Waals surface area contributed by atoms with E-state index in [4.69, 9.17) is 10.5 Å². The van der Waals surface area contributed by atoms with Crippen LogP contribution in [0.5, 0.6) is 5.75 Å². The minimum atomic E-state index is -0.441. The van der Waals surface area contributed by atoms with Gasteiger partial charge >= 0.3 is 5.91 Å². The zero-order valence-corrected chi connectivity index (χ0v) is 12.8. The summed E-state index contributed by atoms with van der Waals surface area (Å²) >= 11 is 3.33. The second kappa shape index (κ2) is 6.77. The average molecular weight is 346 g/mol. The van der Waals surface area contributed by atoms with Gasteiger partial charge in [-0.25, -0.2) is 4.98 Å². The summed E-state index contributed by atoms with van der Waals surface area (Å²) < 4.78 is 6.00. The van der Waals surface area contributed by atoms with Crippen molar-refractivity contribution in [2.75, 3.05) is 18.2 Å². The maximum absolute atomic E-state index is 11.8. The molecule has 1 amide bonds. The molecule has 2 rings (SSSR count). The van der Waals surface area contributed by atoms with Crippen molar-refractivity contribution in [1.82, 2.24) is 4.98 Å². The molecule has 5 nitrogen and oxygen atoms in total. The monoisotopic (exact) mass is 345 g/mol. The van der Waals surface area contributed by atoms with Crippen LogP contribution in [0.1, 0.15) is 5.56 Å². The number of anilines is 2. The first kappa shape index (κ1) is 14.9. The van der Waals surface area contributed by atoms with Gasteiger partial charge in [0, 0.05) is 22.2 Å². The summed E-state index contributed by atoms with van der Waals surface area (Å²) in [6, 6.07) is 8.63. The molecule has 0 aliphatic carbocycles. The van der Waals surface area contributed by atoms with Gasteiger partial charge in [0.05, 0.1) is 12.8 Å². The molecule has 0 radical (unpaired) electrons. The predicted octanol–water partition coefficient (Wildman–Crippen LogP) is 2.43. The van der Waals surface area contributed by atoms with Gasteiger partial charge in [-0.1, -0.05) is 21.9 Å². The van der Waals surface area contributed by atoms with Crippen LogP contribution in [0.3, 0.4) is 0 Å². The summed E-state index contributed by atoms with van der Waals surface area (Å²) in [5, 5.41) is 2.67. The number of hydrogen-bond donors (Lipinski definition) is 2. The van der Waals surface area contributed by atoms with E-state index in [-0.39, 0.29) is 0 Å². The van der Waals surface area contributed by atoms with Gasteiger partial charge in [0.2, 0.25) is 0 Å². The second-order valence-corrected chi connectivity index (χ2v) is 4.94. The highest BCUT2D eigenvalue weighted by molar-refractivity contribution is 9.10. The Morgan fingerprint density at radius 3 is 2.86 bits per heavy atom. The Hall–Kier alpha value is -2.52. The van der Waals surface area contributed by atoms with Gasteiger partial charge in [-0.15, -0.1) is 0 Å². The number of carbonyl (C=O) groups is 1. The third-order valence-corrected chi connectivity index (χ3v) is 3.01. The van der Waals surface area contributed by atoms with E-state index in [1.54, 1.807) is 24.3 Å². The van der Waals surface area contributed by atoms with Crippen LogP contribution in [-0.2, 0) is 4.79 Å². The van der Waals surface area contributed by atoms with Crippen LogP contribution in [0.25, 0.3) is 0 Å². The number of ether oxygens (including phenoxy) is 1. The Kier molecular flexibility index (Phi) is 4.80. The number of amides is 1. The van der Waals surface area contributed by atoms with Crippen molar-refractivity contribution in [1.29, 1.82) is 0 Å². The van der Waals surface area contributed by atoms with Gasteiger partial charge in [0.25, 0.3) is 0 Å². The van der Waals surface area contributed by atoms with Crippen molar-refractivity contribution in [2.45, 2.75) is 0 Å². The van der Waals surface area contributed by atoms with Gasteiger partial charge < -0.3 is 15.8 Å². The lowest BCUT2D eigenvalue weighted by Gasteiger charge is -2.08. The van der Waals surface area contributed by atoms with Gasteiger partial charge in [0.15, 0.2) is 0 Å². The molecule has 1 heterocycles. The summed E-state index contributed by atoms with van der Waals surface area (Å²) in [5.41, 5.74) is 6.63. The van der Waals surface area contributed by atoms with Crippen molar-refractivity contribution in [3.8, 4) is 17.6 Å². The van der Waals surface area contributed by atoms with E-state index in [1.807, 2.05) is 6.07 Å². The predicted molar refractivity (Wildman–Crippen MR) is 84.9 cm³/mol. The molecule has 0 saturated carbocycles. The van der Waals surface area contributed by atoms with E-state index in [2.05, 4.69) is 38.1 Å². The molecule has 1 aromatic carbocycles. The van der Waals surface area contributed by atoms with Crippen LogP contribution in [0.4, 0.5) is 11.5 Å². The SMILES string of the molecule is COc1ccc(Br)cc1NC(=O)C#Cc1ccc(N)nc1. The minimum Gasteiger partial charge on any atom is -0.495 e. The number of methoxy groups -OCH3 is 1. The number of hydrogen-bond acceptors (Lipinski definition) is 4.